The minimum absolute atomic E-state index is 0.195. The molecule has 360 valence electrons. The third kappa shape index (κ3) is 17.5. The molecule has 2 saturated heterocycles. The molecule has 18 nitrogen and oxygen atoms in total. The van der Waals surface area contributed by atoms with Gasteiger partial charge in [-0.2, -0.15) is 5.10 Å². The van der Waals surface area contributed by atoms with Crippen LogP contribution in [0.15, 0.2) is 30.5 Å². The fraction of sp³-hybridized carbons (Fsp3) is 0.705. The first kappa shape index (κ1) is 51.8. The predicted octanol–water partition coefficient (Wildman–Crippen LogP) is 4.48. The Morgan fingerprint density at radius 3 is 1.92 bits per heavy atom. The van der Waals surface area contributed by atoms with Crippen molar-refractivity contribution in [1.29, 1.82) is 0 Å². The smallest absolute Gasteiger partial charge is 0.256 e. The van der Waals surface area contributed by atoms with E-state index < -0.39 is 10.0 Å². The van der Waals surface area contributed by atoms with Crippen molar-refractivity contribution >= 4 is 44.7 Å². The fourth-order valence-corrected chi connectivity index (χ4v) is 8.34. The number of piperidine rings is 1. The number of amides is 1. The topological polar surface area (TPSA) is 177 Å². The number of halogens is 1. The summed E-state index contributed by atoms with van der Waals surface area (Å²) in [7, 11) is -1.48. The van der Waals surface area contributed by atoms with Gasteiger partial charge in [-0.3, -0.25) is 14.4 Å². The molecule has 20 heteroatoms. The van der Waals surface area contributed by atoms with Gasteiger partial charge in [-0.1, -0.05) is 18.5 Å². The highest BCUT2D eigenvalue weighted by molar-refractivity contribution is 7.92. The quantitative estimate of drug-likeness (QED) is 0.0867. The summed E-state index contributed by atoms with van der Waals surface area (Å²) in [6, 6.07) is 6.61. The number of ether oxygens (including phenoxy) is 8. The van der Waals surface area contributed by atoms with Gasteiger partial charge in [0.15, 0.2) is 5.65 Å². The molecule has 2 aliphatic rings. The third-order valence-electron chi connectivity index (χ3n) is 10.9. The summed E-state index contributed by atoms with van der Waals surface area (Å²) in [5, 5.41) is 5.24. The van der Waals surface area contributed by atoms with Crippen molar-refractivity contribution in [3.8, 4) is 0 Å². The molecular formula is C44H70ClN7O11S. The minimum Gasteiger partial charge on any atom is -0.379 e. The Labute approximate surface area is 384 Å². The van der Waals surface area contributed by atoms with Crippen LogP contribution < -0.4 is 9.62 Å². The lowest BCUT2D eigenvalue weighted by atomic mass is 9.98. The Hall–Kier alpha value is -3.21. The number of benzene rings is 1. The minimum atomic E-state index is -3.62. The summed E-state index contributed by atoms with van der Waals surface area (Å²) < 4.78 is 72.8. The van der Waals surface area contributed by atoms with Crippen LogP contribution in [0.4, 0.5) is 11.5 Å². The van der Waals surface area contributed by atoms with Gasteiger partial charge in [-0.15, -0.1) is 0 Å². The first-order valence-corrected chi connectivity index (χ1v) is 24.8. The molecule has 2 atom stereocenters. The lowest BCUT2D eigenvalue weighted by Gasteiger charge is -2.35. The number of carbonyl (C=O) groups is 1. The van der Waals surface area contributed by atoms with Crippen LogP contribution in [0.3, 0.4) is 0 Å². The Bertz CT molecular complexity index is 1940. The van der Waals surface area contributed by atoms with Gasteiger partial charge in [0.05, 0.1) is 128 Å². The van der Waals surface area contributed by atoms with Crippen LogP contribution in [-0.2, 0) is 47.9 Å². The van der Waals surface area contributed by atoms with Gasteiger partial charge in [-0.25, -0.2) is 17.9 Å². The number of nitrogens with zero attached hydrogens (tertiary/aromatic N) is 6. The molecule has 0 bridgehead atoms. The number of carbonyl (C=O) groups excluding carboxylic acids is 1. The van der Waals surface area contributed by atoms with Crippen LogP contribution in [0.1, 0.15) is 66.7 Å². The molecule has 1 N–H and O–H groups in total. The van der Waals surface area contributed by atoms with E-state index in [2.05, 4.69) is 28.5 Å². The van der Waals surface area contributed by atoms with Crippen molar-refractivity contribution in [3.05, 3.63) is 52.3 Å². The molecule has 0 radical (unpaired) electrons. The third-order valence-corrected chi connectivity index (χ3v) is 11.7. The number of aromatic nitrogens is 3. The highest BCUT2D eigenvalue weighted by Crippen LogP contribution is 2.35. The molecule has 1 aromatic carbocycles. The van der Waals surface area contributed by atoms with E-state index in [0.29, 0.717) is 122 Å². The summed E-state index contributed by atoms with van der Waals surface area (Å²) in [6.45, 7) is 15.9. The second-order valence-corrected chi connectivity index (χ2v) is 18.1. The number of sulfonamides is 1. The molecule has 2 aromatic heterocycles. The van der Waals surface area contributed by atoms with Gasteiger partial charge < -0.3 is 47.7 Å². The second-order valence-electron chi connectivity index (χ2n) is 16.0. The molecule has 0 saturated carbocycles. The van der Waals surface area contributed by atoms with Crippen molar-refractivity contribution in [1.82, 2.24) is 24.4 Å². The molecule has 64 heavy (non-hydrogen) atoms. The molecule has 1 amide bonds. The van der Waals surface area contributed by atoms with Crippen molar-refractivity contribution in [3.63, 3.8) is 0 Å². The standard InChI is InChI=1S/C44H70ClN7O11S/c1-5-15-56-17-19-58-21-23-60-25-27-62-29-30-63-28-26-61-24-22-59-20-18-57-16-14-49(3)37-11-13-50(34-37)43-35(2)33-52-42(46-43)32-40(47-52)41-8-6-7-12-51(41)44(53)38-31-36(45)9-10-39(38)48-64(4,54)55/h9-10,31-33,37,41,48H,5-8,11-30,34H2,1-4H3/t37-,41?/m0/s1. The van der Waals surface area contributed by atoms with Crippen LogP contribution in [-0.4, -0.2) is 190 Å². The van der Waals surface area contributed by atoms with E-state index in [1.807, 2.05) is 19.2 Å². The van der Waals surface area contributed by atoms with Gasteiger partial charge in [0, 0.05) is 61.7 Å². The molecule has 0 spiro atoms. The van der Waals surface area contributed by atoms with Gasteiger partial charge in [0.25, 0.3) is 5.91 Å². The normalized spacial score (nSPS) is 17.0. The van der Waals surface area contributed by atoms with Crippen molar-refractivity contribution in [2.75, 3.05) is 155 Å². The Morgan fingerprint density at radius 2 is 1.36 bits per heavy atom. The molecule has 2 fully saturated rings. The molecule has 2 aliphatic heterocycles. The van der Waals surface area contributed by atoms with Crippen LogP contribution in [0.5, 0.6) is 0 Å². The second kappa shape index (κ2) is 28.1. The summed E-state index contributed by atoms with van der Waals surface area (Å²) in [5.41, 5.74) is 2.87. The number of likely N-dealkylation sites (tertiary alicyclic amines) is 1. The number of hydrogen-bond acceptors (Lipinski definition) is 15. The number of anilines is 2. The zero-order valence-electron chi connectivity index (χ0n) is 38.2. The first-order valence-electron chi connectivity index (χ1n) is 22.6. The average molecular weight is 941 g/mol. The van der Waals surface area contributed by atoms with Crippen molar-refractivity contribution in [2.45, 2.75) is 58.0 Å². The number of aryl methyl sites for hydroxylation is 1. The maximum atomic E-state index is 14.0. The largest absolute Gasteiger partial charge is 0.379 e. The Balaban J connectivity index is 0.922. The molecule has 3 aromatic rings. The highest BCUT2D eigenvalue weighted by atomic mass is 35.5. The summed E-state index contributed by atoms with van der Waals surface area (Å²) in [4.78, 5) is 25.5. The first-order chi connectivity index (χ1) is 31.0. The SMILES string of the molecule is CCCOCCOCCOCCOCCOCCOCCOCCOCCN(C)[C@H]1CCN(c2nc3cc(C4CCCCN4C(=O)c4cc(Cl)ccc4NS(C)(=O)=O)nn3cc2C)C1. The van der Waals surface area contributed by atoms with Crippen molar-refractivity contribution in [2.24, 2.45) is 0 Å². The van der Waals surface area contributed by atoms with E-state index in [0.717, 1.165) is 81.7 Å². The fourth-order valence-electron chi connectivity index (χ4n) is 7.59. The monoisotopic (exact) mass is 939 g/mol. The number of rotatable bonds is 32. The summed E-state index contributed by atoms with van der Waals surface area (Å²) in [5.74, 6) is 0.626. The van der Waals surface area contributed by atoms with Crippen molar-refractivity contribution < 1.29 is 51.1 Å². The molecule has 4 heterocycles. The van der Waals surface area contributed by atoms with E-state index in [1.165, 1.54) is 12.1 Å². The van der Waals surface area contributed by atoms with Gasteiger partial charge >= 0.3 is 0 Å². The van der Waals surface area contributed by atoms with Gasteiger partial charge in [0.2, 0.25) is 10.0 Å². The van der Waals surface area contributed by atoms with E-state index in [4.69, 9.17) is 59.6 Å². The van der Waals surface area contributed by atoms with Crippen LogP contribution in [0.2, 0.25) is 5.02 Å². The molecule has 1 unspecified atom stereocenters. The van der Waals surface area contributed by atoms with E-state index >= 15 is 0 Å². The number of nitrogens with one attached hydrogen (secondary N) is 1. The predicted molar refractivity (Wildman–Crippen MR) is 245 cm³/mol. The van der Waals surface area contributed by atoms with E-state index in [-0.39, 0.29) is 23.2 Å². The Morgan fingerprint density at radius 1 is 0.797 bits per heavy atom. The Kier molecular flexibility index (Phi) is 22.7. The molecular weight excluding hydrogens is 870 g/mol. The lowest BCUT2D eigenvalue weighted by Crippen LogP contribution is -2.39. The zero-order chi connectivity index (χ0) is 45.6. The van der Waals surface area contributed by atoms with Gasteiger partial charge in [0.1, 0.15) is 5.82 Å². The highest BCUT2D eigenvalue weighted by Gasteiger charge is 2.33. The zero-order valence-corrected chi connectivity index (χ0v) is 39.8. The number of likely N-dealkylation sites (N-methyl/N-ethyl adjacent to an activating group) is 1. The molecule has 5 rings (SSSR count). The maximum Gasteiger partial charge on any atom is 0.256 e. The molecule has 0 aliphatic carbocycles. The van der Waals surface area contributed by atoms with E-state index in [1.54, 1.807) is 15.5 Å². The van der Waals surface area contributed by atoms with Gasteiger partial charge in [-0.05, 0) is 64.3 Å². The van der Waals surface area contributed by atoms with E-state index in [9.17, 15) is 13.2 Å². The number of hydrogen-bond donors (Lipinski definition) is 1. The maximum absolute atomic E-state index is 14.0. The van der Waals surface area contributed by atoms with Crippen LogP contribution in [0, 0.1) is 6.92 Å². The summed E-state index contributed by atoms with van der Waals surface area (Å²) in [6.07, 6.45) is 7.57. The average Bonchev–Trinajstić information content (AvgIpc) is 3.94. The van der Waals surface area contributed by atoms with Crippen LogP contribution in [0.25, 0.3) is 5.65 Å². The van der Waals surface area contributed by atoms with Crippen LogP contribution >= 0.6 is 11.6 Å². The number of fused-ring (bicyclic) bond motifs is 1. The lowest BCUT2D eigenvalue weighted by molar-refractivity contribution is -0.0234. The summed E-state index contributed by atoms with van der Waals surface area (Å²) >= 11 is 6.28.